The minimum absolute atomic E-state index is 0.00783. The van der Waals surface area contributed by atoms with Crippen LogP contribution in [0.3, 0.4) is 0 Å². The van der Waals surface area contributed by atoms with E-state index < -0.39 is 0 Å². The van der Waals surface area contributed by atoms with Gasteiger partial charge in [-0.15, -0.1) is 0 Å². The molecule has 6 heteroatoms. The number of benzene rings is 1. The van der Waals surface area contributed by atoms with E-state index in [-0.39, 0.29) is 36.4 Å². The summed E-state index contributed by atoms with van der Waals surface area (Å²) in [6, 6.07) is 9.54. The number of halogens is 1. The lowest BCUT2D eigenvalue weighted by Crippen LogP contribution is -2.39. The summed E-state index contributed by atoms with van der Waals surface area (Å²) in [7, 11) is 0. The first-order valence-corrected chi connectivity index (χ1v) is 8.43. The zero-order chi connectivity index (χ0) is 17.6. The Balaban J connectivity index is 1.67. The topological polar surface area (TPSA) is 71.5 Å². The van der Waals surface area contributed by atoms with E-state index in [2.05, 4.69) is 10.3 Å². The highest BCUT2D eigenvalue weighted by molar-refractivity contribution is 5.96. The molecular weight excluding hydrogens is 323 g/mol. The third-order valence-corrected chi connectivity index (χ3v) is 4.32. The van der Waals surface area contributed by atoms with E-state index in [4.69, 9.17) is 4.74 Å². The molecule has 0 saturated heterocycles. The Labute approximate surface area is 145 Å². The number of nitrogens with one attached hydrogen (secondary N) is 1. The highest BCUT2D eigenvalue weighted by atomic mass is 19.1. The smallest absolute Gasteiger partial charge is 0.256 e. The van der Waals surface area contributed by atoms with Gasteiger partial charge in [-0.2, -0.15) is 0 Å². The lowest BCUT2D eigenvalue weighted by atomic mass is 9.93. The molecule has 1 aromatic heterocycles. The quantitative estimate of drug-likeness (QED) is 0.875. The summed E-state index contributed by atoms with van der Waals surface area (Å²) in [5, 5.41) is 12.7. The Morgan fingerprint density at radius 3 is 2.92 bits per heavy atom. The highest BCUT2D eigenvalue weighted by Gasteiger charge is 2.23. The van der Waals surface area contributed by atoms with Crippen LogP contribution < -0.4 is 10.1 Å². The molecule has 1 heterocycles. The van der Waals surface area contributed by atoms with Crippen molar-refractivity contribution in [2.45, 2.75) is 44.4 Å². The Kier molecular flexibility index (Phi) is 5.60. The summed E-state index contributed by atoms with van der Waals surface area (Å²) in [5.74, 6) is -0.490. The monoisotopic (exact) mass is 344 g/mol. The van der Waals surface area contributed by atoms with Crippen molar-refractivity contribution < 1.29 is 19.0 Å². The first-order chi connectivity index (χ1) is 12.1. The molecule has 0 spiro atoms. The number of hydrogen-bond acceptors (Lipinski definition) is 4. The molecule has 25 heavy (non-hydrogen) atoms. The average Bonchev–Trinajstić information content (AvgIpc) is 2.61. The standard InChI is InChI=1S/C19H21FN2O3/c20-17-9-2-1-5-13(17)12-25-19-16(8-4-10-21-19)18(24)22-14-6-3-7-15(23)11-14/h1-2,4-5,8-10,14-15,23H,3,6-7,11-12H2,(H,22,24). The fourth-order valence-corrected chi connectivity index (χ4v) is 3.00. The maximum absolute atomic E-state index is 13.7. The van der Waals surface area contributed by atoms with Gasteiger partial charge in [0, 0.05) is 17.8 Å². The lowest BCUT2D eigenvalue weighted by molar-refractivity contribution is 0.0845. The van der Waals surface area contributed by atoms with Gasteiger partial charge in [-0.05, 0) is 43.9 Å². The molecule has 2 unspecified atom stereocenters. The number of pyridine rings is 1. The van der Waals surface area contributed by atoms with Gasteiger partial charge in [0.25, 0.3) is 5.91 Å². The third kappa shape index (κ3) is 4.54. The van der Waals surface area contributed by atoms with Crippen LogP contribution in [0.2, 0.25) is 0 Å². The van der Waals surface area contributed by atoms with Crippen molar-refractivity contribution in [2.24, 2.45) is 0 Å². The molecule has 5 nitrogen and oxygen atoms in total. The number of aliphatic hydroxyl groups excluding tert-OH is 1. The average molecular weight is 344 g/mol. The van der Waals surface area contributed by atoms with Crippen molar-refractivity contribution >= 4 is 5.91 Å². The normalized spacial score (nSPS) is 20.1. The van der Waals surface area contributed by atoms with Crippen molar-refractivity contribution in [3.8, 4) is 5.88 Å². The van der Waals surface area contributed by atoms with E-state index in [1.54, 1.807) is 30.3 Å². The fourth-order valence-electron chi connectivity index (χ4n) is 3.00. The van der Waals surface area contributed by atoms with E-state index in [1.807, 2.05) is 0 Å². The van der Waals surface area contributed by atoms with Crippen molar-refractivity contribution in [2.75, 3.05) is 0 Å². The number of carbonyl (C=O) groups is 1. The molecule has 0 aliphatic heterocycles. The van der Waals surface area contributed by atoms with Crippen LogP contribution in [0, 0.1) is 5.82 Å². The molecular formula is C19H21FN2O3. The molecule has 1 aliphatic carbocycles. The second-order valence-electron chi connectivity index (χ2n) is 6.23. The van der Waals surface area contributed by atoms with Crippen LogP contribution in [0.25, 0.3) is 0 Å². The summed E-state index contributed by atoms with van der Waals surface area (Å²) in [5.41, 5.74) is 0.703. The van der Waals surface area contributed by atoms with E-state index in [9.17, 15) is 14.3 Å². The predicted octanol–water partition coefficient (Wildman–Crippen LogP) is 2.83. The van der Waals surface area contributed by atoms with Crippen LogP contribution in [-0.4, -0.2) is 28.1 Å². The predicted molar refractivity (Wildman–Crippen MR) is 90.7 cm³/mol. The van der Waals surface area contributed by atoms with Crippen LogP contribution in [0.15, 0.2) is 42.6 Å². The SMILES string of the molecule is O=C(NC1CCCC(O)C1)c1cccnc1OCc1ccccc1F. The maximum Gasteiger partial charge on any atom is 0.256 e. The van der Waals surface area contributed by atoms with Crippen LogP contribution in [-0.2, 0) is 6.61 Å². The molecule has 1 fully saturated rings. The summed E-state index contributed by atoms with van der Waals surface area (Å²) in [6.07, 6.45) is 4.21. The molecule has 0 bridgehead atoms. The van der Waals surface area contributed by atoms with Gasteiger partial charge in [0.1, 0.15) is 18.0 Å². The Hall–Kier alpha value is -2.47. The molecule has 0 radical (unpaired) electrons. The minimum atomic E-state index is -0.371. The Morgan fingerprint density at radius 1 is 1.28 bits per heavy atom. The van der Waals surface area contributed by atoms with Crippen LogP contribution >= 0.6 is 0 Å². The van der Waals surface area contributed by atoms with Gasteiger partial charge in [0.15, 0.2) is 0 Å². The zero-order valence-corrected chi connectivity index (χ0v) is 13.8. The second-order valence-corrected chi connectivity index (χ2v) is 6.23. The van der Waals surface area contributed by atoms with E-state index in [0.29, 0.717) is 17.5 Å². The summed E-state index contributed by atoms with van der Waals surface area (Å²) in [6.45, 7) is -0.00783. The molecule has 2 aromatic rings. The van der Waals surface area contributed by atoms with Crippen molar-refractivity contribution in [1.29, 1.82) is 0 Å². The maximum atomic E-state index is 13.7. The van der Waals surface area contributed by atoms with Gasteiger partial charge >= 0.3 is 0 Å². The van der Waals surface area contributed by atoms with Gasteiger partial charge in [-0.3, -0.25) is 4.79 Å². The van der Waals surface area contributed by atoms with Crippen molar-refractivity contribution in [3.05, 3.63) is 59.5 Å². The van der Waals surface area contributed by atoms with Gasteiger partial charge < -0.3 is 15.2 Å². The highest BCUT2D eigenvalue weighted by Crippen LogP contribution is 2.21. The van der Waals surface area contributed by atoms with Gasteiger partial charge in [0.05, 0.1) is 6.10 Å². The van der Waals surface area contributed by atoms with Gasteiger partial charge in [-0.1, -0.05) is 18.2 Å². The first kappa shape index (κ1) is 17.4. The first-order valence-electron chi connectivity index (χ1n) is 8.43. The Bertz CT molecular complexity index is 738. The third-order valence-electron chi connectivity index (χ3n) is 4.32. The van der Waals surface area contributed by atoms with Crippen LogP contribution in [0.5, 0.6) is 5.88 Å². The lowest BCUT2D eigenvalue weighted by Gasteiger charge is -2.26. The summed E-state index contributed by atoms with van der Waals surface area (Å²) in [4.78, 5) is 16.6. The zero-order valence-electron chi connectivity index (χ0n) is 13.8. The molecule has 1 amide bonds. The van der Waals surface area contributed by atoms with Crippen LogP contribution in [0.1, 0.15) is 41.6 Å². The van der Waals surface area contributed by atoms with E-state index in [1.165, 1.54) is 12.3 Å². The summed E-state index contributed by atoms with van der Waals surface area (Å²) < 4.78 is 19.3. The number of nitrogens with zero attached hydrogens (tertiary/aromatic N) is 1. The van der Waals surface area contributed by atoms with E-state index in [0.717, 1.165) is 19.3 Å². The molecule has 1 aliphatic rings. The molecule has 1 saturated carbocycles. The molecule has 1 aromatic carbocycles. The number of rotatable bonds is 5. The van der Waals surface area contributed by atoms with Crippen molar-refractivity contribution in [1.82, 2.24) is 10.3 Å². The van der Waals surface area contributed by atoms with Gasteiger partial charge in [-0.25, -0.2) is 9.37 Å². The second kappa shape index (κ2) is 8.07. The minimum Gasteiger partial charge on any atom is -0.472 e. The number of hydrogen-bond donors (Lipinski definition) is 2. The number of aliphatic hydroxyl groups is 1. The van der Waals surface area contributed by atoms with E-state index >= 15 is 0 Å². The largest absolute Gasteiger partial charge is 0.472 e. The van der Waals surface area contributed by atoms with Gasteiger partial charge in [0.2, 0.25) is 5.88 Å². The van der Waals surface area contributed by atoms with Crippen molar-refractivity contribution in [3.63, 3.8) is 0 Å². The number of carbonyl (C=O) groups excluding carboxylic acids is 1. The molecule has 2 atom stereocenters. The molecule has 132 valence electrons. The Morgan fingerprint density at radius 2 is 2.12 bits per heavy atom. The fraction of sp³-hybridized carbons (Fsp3) is 0.368. The number of amides is 1. The van der Waals surface area contributed by atoms with Crippen LogP contribution in [0.4, 0.5) is 4.39 Å². The number of aromatic nitrogens is 1. The molecule has 2 N–H and O–H groups in total. The number of ether oxygens (including phenoxy) is 1. The molecule has 3 rings (SSSR count). The summed E-state index contributed by atoms with van der Waals surface area (Å²) >= 11 is 0.